The summed E-state index contributed by atoms with van der Waals surface area (Å²) in [4.78, 5) is 0. The molecule has 0 unspecified atom stereocenters. The lowest BCUT2D eigenvalue weighted by molar-refractivity contribution is -0.0523. The van der Waals surface area contributed by atoms with Crippen LogP contribution in [-0.2, 0) is 0 Å². The standard InChI is InChI=1S/C17H9ClF5NO/c18-9-3-4-11(19)10(6-9)14-2-1-5-24(14)15-7-13(21)16(8-12(15)20)25-17(22)23/h1-8,17H. The molecule has 0 aliphatic carbocycles. The van der Waals surface area contributed by atoms with Crippen LogP contribution in [0.1, 0.15) is 0 Å². The summed E-state index contributed by atoms with van der Waals surface area (Å²) in [5, 5.41) is 0.261. The van der Waals surface area contributed by atoms with Gasteiger partial charge < -0.3 is 9.30 Å². The number of hydrogen-bond acceptors (Lipinski definition) is 1. The first-order chi connectivity index (χ1) is 11.9. The molecule has 0 spiro atoms. The Bertz CT molecular complexity index is 925. The quantitative estimate of drug-likeness (QED) is 0.526. The molecule has 1 aromatic heterocycles. The summed E-state index contributed by atoms with van der Waals surface area (Å²) >= 11 is 5.86. The van der Waals surface area contributed by atoms with Crippen LogP contribution in [-0.4, -0.2) is 11.2 Å². The van der Waals surface area contributed by atoms with Gasteiger partial charge in [-0.3, -0.25) is 0 Å². The summed E-state index contributed by atoms with van der Waals surface area (Å²) in [5.74, 6) is -3.72. The maximum atomic E-state index is 14.3. The first-order valence-corrected chi connectivity index (χ1v) is 7.31. The van der Waals surface area contributed by atoms with Gasteiger partial charge in [-0.15, -0.1) is 0 Å². The molecule has 2 nitrogen and oxygen atoms in total. The average Bonchev–Trinajstić information content (AvgIpc) is 3.01. The molecule has 0 fully saturated rings. The maximum absolute atomic E-state index is 14.3. The van der Waals surface area contributed by atoms with Crippen LogP contribution < -0.4 is 4.74 Å². The van der Waals surface area contributed by atoms with Crippen LogP contribution >= 0.6 is 11.6 Å². The number of hydrogen-bond donors (Lipinski definition) is 0. The molecule has 0 amide bonds. The van der Waals surface area contributed by atoms with Crippen molar-refractivity contribution >= 4 is 11.6 Å². The Morgan fingerprint density at radius 2 is 1.68 bits per heavy atom. The Hall–Kier alpha value is -2.54. The lowest BCUT2D eigenvalue weighted by Gasteiger charge is -2.13. The van der Waals surface area contributed by atoms with Crippen LogP contribution in [0.4, 0.5) is 22.0 Å². The molecule has 3 aromatic rings. The Morgan fingerprint density at radius 3 is 2.40 bits per heavy atom. The summed E-state index contributed by atoms with van der Waals surface area (Å²) in [6, 6.07) is 8.02. The molecular formula is C17H9ClF5NO. The maximum Gasteiger partial charge on any atom is 0.387 e. The van der Waals surface area contributed by atoms with Crippen LogP contribution in [0.5, 0.6) is 5.75 Å². The van der Waals surface area contributed by atoms with E-state index in [0.717, 1.165) is 6.07 Å². The molecule has 0 saturated heterocycles. The van der Waals surface area contributed by atoms with Crippen LogP contribution in [0.15, 0.2) is 48.7 Å². The fourth-order valence-electron chi connectivity index (χ4n) is 2.39. The van der Waals surface area contributed by atoms with Gasteiger partial charge in [0.05, 0.1) is 11.4 Å². The molecule has 1 heterocycles. The summed E-state index contributed by atoms with van der Waals surface area (Å²) in [5.41, 5.74) is -0.00969. The zero-order valence-corrected chi connectivity index (χ0v) is 13.1. The Kier molecular flexibility index (Phi) is 4.67. The fourth-order valence-corrected chi connectivity index (χ4v) is 2.57. The summed E-state index contributed by atoms with van der Waals surface area (Å²) in [6.07, 6.45) is 1.38. The minimum Gasteiger partial charge on any atom is -0.432 e. The van der Waals surface area contributed by atoms with Gasteiger partial charge >= 0.3 is 6.61 Å². The molecule has 2 aromatic carbocycles. The van der Waals surface area contributed by atoms with Crippen LogP contribution in [0, 0.1) is 17.5 Å². The van der Waals surface area contributed by atoms with E-state index >= 15 is 0 Å². The van der Waals surface area contributed by atoms with Gasteiger partial charge in [-0.2, -0.15) is 8.78 Å². The molecule has 0 bridgehead atoms. The molecule has 0 N–H and O–H groups in total. The second-order valence-electron chi connectivity index (χ2n) is 5.00. The molecule has 0 atom stereocenters. The molecule has 8 heteroatoms. The lowest BCUT2D eigenvalue weighted by Crippen LogP contribution is -2.06. The Balaban J connectivity index is 2.12. The van der Waals surface area contributed by atoms with E-state index in [1.54, 1.807) is 0 Å². The van der Waals surface area contributed by atoms with E-state index in [4.69, 9.17) is 11.6 Å². The number of nitrogens with zero attached hydrogens (tertiary/aromatic N) is 1. The van der Waals surface area contributed by atoms with E-state index in [1.165, 1.54) is 35.0 Å². The van der Waals surface area contributed by atoms with E-state index < -0.39 is 29.8 Å². The average molecular weight is 374 g/mol. The third kappa shape index (κ3) is 3.46. The lowest BCUT2D eigenvalue weighted by atomic mass is 10.1. The highest BCUT2D eigenvalue weighted by Crippen LogP contribution is 2.32. The number of halogens is 6. The topological polar surface area (TPSA) is 14.2 Å². The first-order valence-electron chi connectivity index (χ1n) is 6.94. The number of benzene rings is 2. The molecule has 3 rings (SSSR count). The fraction of sp³-hybridized carbons (Fsp3) is 0.0588. The summed E-state index contributed by atoms with van der Waals surface area (Å²) in [7, 11) is 0. The van der Waals surface area contributed by atoms with Crippen molar-refractivity contribution in [3.8, 4) is 22.7 Å². The van der Waals surface area contributed by atoms with Crippen molar-refractivity contribution < 1.29 is 26.7 Å². The van der Waals surface area contributed by atoms with Crippen molar-refractivity contribution in [3.63, 3.8) is 0 Å². The van der Waals surface area contributed by atoms with Crippen LogP contribution in [0.3, 0.4) is 0 Å². The second-order valence-corrected chi connectivity index (χ2v) is 5.44. The third-order valence-corrected chi connectivity index (χ3v) is 3.67. The zero-order chi connectivity index (χ0) is 18.1. The van der Waals surface area contributed by atoms with Crippen LogP contribution in [0.2, 0.25) is 5.02 Å². The van der Waals surface area contributed by atoms with Crippen molar-refractivity contribution in [2.75, 3.05) is 0 Å². The van der Waals surface area contributed by atoms with Gasteiger partial charge in [-0.1, -0.05) is 11.6 Å². The molecule has 0 aliphatic heterocycles. The highest BCUT2D eigenvalue weighted by atomic mass is 35.5. The van der Waals surface area contributed by atoms with E-state index in [2.05, 4.69) is 4.74 Å². The third-order valence-electron chi connectivity index (χ3n) is 3.43. The number of rotatable bonds is 4. The van der Waals surface area contributed by atoms with Gasteiger partial charge in [-0.05, 0) is 30.3 Å². The molecule has 130 valence electrons. The van der Waals surface area contributed by atoms with Gasteiger partial charge in [0.1, 0.15) is 5.82 Å². The second kappa shape index (κ2) is 6.76. The Labute approximate surface area is 144 Å². The normalized spacial score (nSPS) is 11.2. The Morgan fingerprint density at radius 1 is 0.920 bits per heavy atom. The predicted octanol–water partition coefficient (Wildman–Crippen LogP) is 5.82. The monoisotopic (exact) mass is 373 g/mol. The number of ether oxygens (including phenoxy) is 1. The number of aromatic nitrogens is 1. The first kappa shape index (κ1) is 17.3. The summed E-state index contributed by atoms with van der Waals surface area (Å²) in [6.45, 7) is -3.29. The SMILES string of the molecule is Fc1cc(-n2cccc2-c2cc(Cl)ccc2F)c(F)cc1OC(F)F. The molecule has 0 saturated carbocycles. The molecule has 25 heavy (non-hydrogen) atoms. The van der Waals surface area contributed by atoms with Gasteiger partial charge in [0, 0.05) is 28.9 Å². The van der Waals surface area contributed by atoms with Crippen molar-refractivity contribution in [3.05, 3.63) is 71.1 Å². The minimum absolute atomic E-state index is 0.0743. The van der Waals surface area contributed by atoms with E-state index in [-0.39, 0.29) is 22.0 Å². The van der Waals surface area contributed by atoms with Crippen molar-refractivity contribution in [1.82, 2.24) is 4.57 Å². The van der Waals surface area contributed by atoms with Crippen molar-refractivity contribution in [1.29, 1.82) is 0 Å². The van der Waals surface area contributed by atoms with E-state index in [0.29, 0.717) is 12.1 Å². The van der Waals surface area contributed by atoms with Gasteiger partial charge in [0.15, 0.2) is 17.4 Å². The van der Waals surface area contributed by atoms with Gasteiger partial charge in [-0.25, -0.2) is 13.2 Å². The van der Waals surface area contributed by atoms with Crippen LogP contribution in [0.25, 0.3) is 16.9 Å². The van der Waals surface area contributed by atoms with E-state index in [1.807, 2.05) is 0 Å². The highest BCUT2D eigenvalue weighted by molar-refractivity contribution is 6.30. The molecule has 0 radical (unpaired) electrons. The van der Waals surface area contributed by atoms with E-state index in [9.17, 15) is 22.0 Å². The smallest absolute Gasteiger partial charge is 0.387 e. The van der Waals surface area contributed by atoms with Gasteiger partial charge in [0.2, 0.25) is 0 Å². The molecule has 0 aliphatic rings. The van der Waals surface area contributed by atoms with Crippen molar-refractivity contribution in [2.45, 2.75) is 6.61 Å². The van der Waals surface area contributed by atoms with Crippen molar-refractivity contribution in [2.24, 2.45) is 0 Å². The number of alkyl halides is 2. The summed E-state index contributed by atoms with van der Waals surface area (Å²) < 4.78 is 71.8. The predicted molar refractivity (Wildman–Crippen MR) is 82.7 cm³/mol. The largest absolute Gasteiger partial charge is 0.432 e. The zero-order valence-electron chi connectivity index (χ0n) is 12.3. The highest BCUT2D eigenvalue weighted by Gasteiger charge is 2.18. The minimum atomic E-state index is -3.29. The van der Waals surface area contributed by atoms with Gasteiger partial charge in [0.25, 0.3) is 0 Å². The molecular weight excluding hydrogens is 365 g/mol.